The van der Waals surface area contributed by atoms with Crippen molar-refractivity contribution in [2.75, 3.05) is 19.1 Å². The first kappa shape index (κ1) is 20.3. The summed E-state index contributed by atoms with van der Waals surface area (Å²) in [6, 6.07) is 14.0. The Kier molecular flexibility index (Phi) is 5.29. The van der Waals surface area contributed by atoms with Crippen LogP contribution in [0.25, 0.3) is 0 Å². The number of ketones is 2. The molecule has 0 bridgehead atoms. The van der Waals surface area contributed by atoms with E-state index in [-0.39, 0.29) is 5.82 Å². The molecule has 1 amide bonds. The Morgan fingerprint density at radius 2 is 1.74 bits per heavy atom. The molecule has 2 atom stereocenters. The summed E-state index contributed by atoms with van der Waals surface area (Å²) in [6.07, 6.45) is 0. The number of para-hydroxylation sites is 1. The van der Waals surface area contributed by atoms with Gasteiger partial charge >= 0.3 is 0 Å². The molecule has 0 saturated carbocycles. The molecule has 2 aromatic carbocycles. The second kappa shape index (κ2) is 8.06. The predicted octanol–water partition coefficient (Wildman–Crippen LogP) is 3.16. The lowest BCUT2D eigenvalue weighted by Gasteiger charge is -2.26. The normalized spacial score (nSPS) is 18.4. The van der Waals surface area contributed by atoms with Crippen molar-refractivity contribution in [2.24, 2.45) is 5.92 Å². The standard InChI is InChI=1S/C23H20N2O6/c1-13-12-18(24-31-13)25-20(16-6-4-5-7-17(16)30-3)19(22(27)23(25)28)21(26)14-8-10-15(29-2)11-9-14/h4-12,19-20H,1-3H3. The summed E-state index contributed by atoms with van der Waals surface area (Å²) in [7, 11) is 3.01. The Bertz CT molecular complexity index is 1150. The zero-order chi connectivity index (χ0) is 22.1. The summed E-state index contributed by atoms with van der Waals surface area (Å²) in [5, 5.41) is 3.91. The van der Waals surface area contributed by atoms with E-state index in [2.05, 4.69) is 5.16 Å². The van der Waals surface area contributed by atoms with Crippen LogP contribution in [0.4, 0.5) is 5.82 Å². The van der Waals surface area contributed by atoms with Crippen molar-refractivity contribution in [3.05, 3.63) is 71.5 Å². The number of hydrogen-bond acceptors (Lipinski definition) is 7. The number of aryl methyl sites for hydroxylation is 1. The maximum Gasteiger partial charge on any atom is 0.297 e. The Morgan fingerprint density at radius 1 is 1.03 bits per heavy atom. The van der Waals surface area contributed by atoms with Gasteiger partial charge in [-0.3, -0.25) is 19.3 Å². The summed E-state index contributed by atoms with van der Waals surface area (Å²) >= 11 is 0. The number of anilines is 1. The average molecular weight is 420 g/mol. The number of amides is 1. The first-order valence-corrected chi connectivity index (χ1v) is 9.58. The smallest absolute Gasteiger partial charge is 0.297 e. The van der Waals surface area contributed by atoms with Crippen LogP contribution in [0.3, 0.4) is 0 Å². The molecule has 0 N–H and O–H groups in total. The molecule has 2 heterocycles. The highest BCUT2D eigenvalue weighted by Gasteiger charge is 2.53. The Labute approximate surface area is 178 Å². The van der Waals surface area contributed by atoms with E-state index in [0.29, 0.717) is 28.4 Å². The SMILES string of the molecule is COc1ccc(C(=O)C2C(=O)C(=O)N(c3cc(C)on3)C2c2ccccc2OC)cc1. The fraction of sp³-hybridized carbons (Fsp3) is 0.217. The molecule has 1 aliphatic heterocycles. The van der Waals surface area contributed by atoms with Crippen LogP contribution in [-0.2, 0) is 9.59 Å². The second-order valence-corrected chi connectivity index (χ2v) is 7.09. The molecule has 31 heavy (non-hydrogen) atoms. The molecule has 0 radical (unpaired) electrons. The Morgan fingerprint density at radius 3 is 2.35 bits per heavy atom. The zero-order valence-electron chi connectivity index (χ0n) is 17.2. The summed E-state index contributed by atoms with van der Waals surface area (Å²) in [5.74, 6) is -1.71. The van der Waals surface area contributed by atoms with Gasteiger partial charge in [-0.2, -0.15) is 0 Å². The van der Waals surface area contributed by atoms with Crippen molar-refractivity contribution in [3.63, 3.8) is 0 Å². The minimum atomic E-state index is -1.27. The number of carbonyl (C=O) groups is 3. The van der Waals surface area contributed by atoms with E-state index >= 15 is 0 Å². The van der Waals surface area contributed by atoms with Crippen molar-refractivity contribution in [2.45, 2.75) is 13.0 Å². The molecule has 1 aromatic heterocycles. The molecule has 3 aromatic rings. The van der Waals surface area contributed by atoms with E-state index in [4.69, 9.17) is 14.0 Å². The molecule has 0 aliphatic carbocycles. The highest BCUT2D eigenvalue weighted by Crippen LogP contribution is 2.43. The molecule has 8 nitrogen and oxygen atoms in total. The van der Waals surface area contributed by atoms with Gasteiger partial charge < -0.3 is 14.0 Å². The van der Waals surface area contributed by atoms with Crippen molar-refractivity contribution >= 4 is 23.3 Å². The molecule has 2 unspecified atom stereocenters. The summed E-state index contributed by atoms with van der Waals surface area (Å²) in [6.45, 7) is 1.68. The van der Waals surface area contributed by atoms with Gasteiger partial charge in [0.05, 0.1) is 20.3 Å². The van der Waals surface area contributed by atoms with Crippen molar-refractivity contribution < 1.29 is 28.4 Å². The monoisotopic (exact) mass is 420 g/mol. The highest BCUT2D eigenvalue weighted by atomic mass is 16.5. The summed E-state index contributed by atoms with van der Waals surface area (Å²) < 4.78 is 15.7. The minimum Gasteiger partial charge on any atom is -0.497 e. The lowest BCUT2D eigenvalue weighted by atomic mass is 9.86. The third-order valence-electron chi connectivity index (χ3n) is 5.28. The van der Waals surface area contributed by atoms with Gasteiger partial charge in [0, 0.05) is 17.2 Å². The van der Waals surface area contributed by atoms with E-state index in [1.165, 1.54) is 19.1 Å². The number of Topliss-reactive ketones (excluding diaryl/α,β-unsaturated/α-hetero) is 2. The zero-order valence-corrected chi connectivity index (χ0v) is 17.2. The number of benzene rings is 2. The second-order valence-electron chi connectivity index (χ2n) is 7.09. The maximum atomic E-state index is 13.4. The highest BCUT2D eigenvalue weighted by molar-refractivity contribution is 6.48. The van der Waals surface area contributed by atoms with Crippen LogP contribution in [0.2, 0.25) is 0 Å². The molecule has 1 fully saturated rings. The van der Waals surface area contributed by atoms with E-state index in [1.54, 1.807) is 61.5 Å². The molecule has 1 saturated heterocycles. The van der Waals surface area contributed by atoms with Gasteiger partial charge in [0.2, 0.25) is 5.78 Å². The van der Waals surface area contributed by atoms with Crippen LogP contribution in [0.5, 0.6) is 11.5 Å². The van der Waals surface area contributed by atoms with Gasteiger partial charge in [-0.1, -0.05) is 23.4 Å². The van der Waals surface area contributed by atoms with Gasteiger partial charge in [-0.25, -0.2) is 0 Å². The minimum absolute atomic E-state index is 0.164. The molecular formula is C23H20N2O6. The van der Waals surface area contributed by atoms with Gasteiger partial charge in [0.25, 0.3) is 5.91 Å². The molecule has 1 aliphatic rings. The lowest BCUT2D eigenvalue weighted by Crippen LogP contribution is -2.31. The van der Waals surface area contributed by atoms with E-state index < -0.39 is 29.4 Å². The fourth-order valence-electron chi connectivity index (χ4n) is 3.81. The Balaban J connectivity index is 1.86. The molecule has 0 spiro atoms. The van der Waals surface area contributed by atoms with Gasteiger partial charge in [-0.05, 0) is 37.3 Å². The fourth-order valence-corrected chi connectivity index (χ4v) is 3.81. The number of nitrogens with zero attached hydrogens (tertiary/aromatic N) is 2. The number of hydrogen-bond donors (Lipinski definition) is 0. The number of rotatable bonds is 6. The maximum absolute atomic E-state index is 13.4. The third kappa shape index (κ3) is 3.46. The topological polar surface area (TPSA) is 98.9 Å². The first-order valence-electron chi connectivity index (χ1n) is 9.58. The quantitative estimate of drug-likeness (QED) is 0.343. The van der Waals surface area contributed by atoms with Gasteiger partial charge in [-0.15, -0.1) is 0 Å². The van der Waals surface area contributed by atoms with Crippen molar-refractivity contribution in [3.8, 4) is 11.5 Å². The largest absolute Gasteiger partial charge is 0.497 e. The van der Waals surface area contributed by atoms with E-state index in [9.17, 15) is 14.4 Å². The predicted molar refractivity (Wildman–Crippen MR) is 110 cm³/mol. The molecular weight excluding hydrogens is 400 g/mol. The molecule has 158 valence electrons. The van der Waals surface area contributed by atoms with E-state index in [0.717, 1.165) is 0 Å². The van der Waals surface area contributed by atoms with Gasteiger partial charge in [0.15, 0.2) is 11.6 Å². The first-order chi connectivity index (χ1) is 15.0. The van der Waals surface area contributed by atoms with Crippen molar-refractivity contribution in [1.82, 2.24) is 5.16 Å². The van der Waals surface area contributed by atoms with Gasteiger partial charge in [0.1, 0.15) is 23.2 Å². The van der Waals surface area contributed by atoms with Crippen LogP contribution in [-0.4, -0.2) is 36.8 Å². The lowest BCUT2D eigenvalue weighted by molar-refractivity contribution is -0.135. The van der Waals surface area contributed by atoms with Crippen LogP contribution < -0.4 is 14.4 Å². The number of carbonyl (C=O) groups excluding carboxylic acids is 3. The summed E-state index contributed by atoms with van der Waals surface area (Å²) in [5.41, 5.74) is 0.821. The Hall–Kier alpha value is -3.94. The number of ether oxygens (including phenoxy) is 2. The van der Waals surface area contributed by atoms with Crippen LogP contribution in [0.15, 0.2) is 59.1 Å². The average Bonchev–Trinajstić information content (AvgIpc) is 3.33. The number of aromatic nitrogens is 1. The molecule has 8 heteroatoms. The third-order valence-corrected chi connectivity index (χ3v) is 5.28. The molecule has 4 rings (SSSR count). The number of methoxy groups -OCH3 is 2. The van der Waals surface area contributed by atoms with Crippen LogP contribution in [0.1, 0.15) is 27.7 Å². The summed E-state index contributed by atoms with van der Waals surface area (Å²) in [4.78, 5) is 40.8. The van der Waals surface area contributed by atoms with E-state index in [1.807, 2.05) is 0 Å². The van der Waals surface area contributed by atoms with Crippen LogP contribution in [0, 0.1) is 12.8 Å². The van der Waals surface area contributed by atoms with Crippen molar-refractivity contribution in [1.29, 1.82) is 0 Å². The van der Waals surface area contributed by atoms with Crippen LogP contribution >= 0.6 is 0 Å².